The van der Waals surface area contributed by atoms with Gasteiger partial charge in [0.05, 0.1) is 14.2 Å². The third kappa shape index (κ3) is 4.83. The van der Waals surface area contributed by atoms with E-state index in [2.05, 4.69) is 35.8 Å². The maximum absolute atomic E-state index is 9.41. The van der Waals surface area contributed by atoms with E-state index in [0.717, 1.165) is 44.1 Å². The number of hydrogen-bond acceptors (Lipinski definition) is 5. The van der Waals surface area contributed by atoms with E-state index in [0.29, 0.717) is 12.1 Å². The molecule has 1 saturated heterocycles. The summed E-state index contributed by atoms with van der Waals surface area (Å²) >= 11 is 0. The third-order valence-electron chi connectivity index (χ3n) is 4.63. The molecule has 1 heterocycles. The molecule has 130 valence electrons. The van der Waals surface area contributed by atoms with E-state index in [1.165, 1.54) is 5.56 Å². The third-order valence-corrected chi connectivity index (χ3v) is 4.63. The first-order valence-corrected chi connectivity index (χ1v) is 8.38. The van der Waals surface area contributed by atoms with Gasteiger partial charge in [-0.3, -0.25) is 9.80 Å². The number of hydrogen-bond donors (Lipinski definition) is 1. The van der Waals surface area contributed by atoms with Gasteiger partial charge >= 0.3 is 0 Å². The predicted octanol–water partition coefficient (Wildman–Crippen LogP) is 1.98. The average molecular weight is 322 g/mol. The molecule has 0 amide bonds. The largest absolute Gasteiger partial charge is 0.497 e. The highest BCUT2D eigenvalue weighted by Gasteiger charge is 2.27. The van der Waals surface area contributed by atoms with Crippen LogP contribution >= 0.6 is 0 Å². The summed E-state index contributed by atoms with van der Waals surface area (Å²) in [6.07, 6.45) is 0.810. The van der Waals surface area contributed by atoms with Crippen molar-refractivity contribution in [2.45, 2.75) is 38.9 Å². The van der Waals surface area contributed by atoms with Crippen LogP contribution in [0.25, 0.3) is 0 Å². The van der Waals surface area contributed by atoms with Crippen LogP contribution < -0.4 is 9.47 Å². The van der Waals surface area contributed by atoms with Crippen molar-refractivity contribution in [2.24, 2.45) is 0 Å². The summed E-state index contributed by atoms with van der Waals surface area (Å²) in [6.45, 7) is 8.65. The quantitative estimate of drug-likeness (QED) is 0.832. The molecular weight excluding hydrogens is 292 g/mol. The summed E-state index contributed by atoms with van der Waals surface area (Å²) < 4.78 is 10.7. The van der Waals surface area contributed by atoms with Gasteiger partial charge in [0, 0.05) is 50.9 Å². The van der Waals surface area contributed by atoms with Crippen molar-refractivity contribution in [2.75, 3.05) is 40.5 Å². The molecule has 0 bridgehead atoms. The monoisotopic (exact) mass is 322 g/mol. The van der Waals surface area contributed by atoms with E-state index < -0.39 is 0 Å². The molecule has 1 aliphatic rings. The summed E-state index contributed by atoms with van der Waals surface area (Å²) in [7, 11) is 3.35. The summed E-state index contributed by atoms with van der Waals surface area (Å²) in [4.78, 5) is 4.95. The minimum absolute atomic E-state index is 0.231. The molecule has 0 radical (unpaired) electrons. The number of rotatable bonds is 7. The minimum Gasteiger partial charge on any atom is -0.497 e. The Kier molecular flexibility index (Phi) is 6.69. The first-order valence-electron chi connectivity index (χ1n) is 8.38. The van der Waals surface area contributed by atoms with Crippen molar-refractivity contribution in [3.63, 3.8) is 0 Å². The van der Waals surface area contributed by atoms with Gasteiger partial charge in [0.1, 0.15) is 11.5 Å². The van der Waals surface area contributed by atoms with E-state index in [-0.39, 0.29) is 6.61 Å². The fourth-order valence-electron chi connectivity index (χ4n) is 3.21. The highest BCUT2D eigenvalue weighted by molar-refractivity contribution is 5.38. The minimum atomic E-state index is 0.231. The molecule has 2 rings (SSSR count). The second kappa shape index (κ2) is 8.52. The molecule has 1 fully saturated rings. The van der Waals surface area contributed by atoms with E-state index in [1.54, 1.807) is 14.2 Å². The van der Waals surface area contributed by atoms with Crippen LogP contribution in [0.15, 0.2) is 18.2 Å². The van der Waals surface area contributed by atoms with Crippen LogP contribution in [0.3, 0.4) is 0 Å². The molecule has 5 nitrogen and oxygen atoms in total. The Morgan fingerprint density at radius 2 is 1.78 bits per heavy atom. The fraction of sp³-hybridized carbons (Fsp3) is 0.667. The number of piperazine rings is 1. The van der Waals surface area contributed by atoms with Gasteiger partial charge in [-0.05, 0) is 38.0 Å². The molecule has 0 aliphatic carbocycles. The topological polar surface area (TPSA) is 45.2 Å². The number of aliphatic hydroxyl groups excluding tert-OH is 1. The van der Waals surface area contributed by atoms with E-state index in [9.17, 15) is 5.11 Å². The molecule has 1 N–H and O–H groups in total. The Morgan fingerprint density at radius 3 is 2.30 bits per heavy atom. The van der Waals surface area contributed by atoms with Crippen molar-refractivity contribution in [1.29, 1.82) is 0 Å². The average Bonchev–Trinajstić information content (AvgIpc) is 2.56. The van der Waals surface area contributed by atoms with E-state index in [1.807, 2.05) is 6.07 Å². The zero-order chi connectivity index (χ0) is 16.8. The zero-order valence-corrected chi connectivity index (χ0v) is 14.8. The maximum atomic E-state index is 9.41. The number of nitrogens with zero attached hydrogens (tertiary/aromatic N) is 2. The Balaban J connectivity index is 2.11. The van der Waals surface area contributed by atoms with Crippen LogP contribution in [0.4, 0.5) is 0 Å². The molecule has 1 atom stereocenters. The van der Waals surface area contributed by atoms with Crippen LogP contribution in [-0.2, 0) is 6.54 Å². The Bertz CT molecular complexity index is 471. The first-order chi connectivity index (χ1) is 11.1. The molecule has 5 heteroatoms. The predicted molar refractivity (Wildman–Crippen MR) is 92.2 cm³/mol. The molecule has 0 aromatic heterocycles. The molecule has 0 saturated carbocycles. The summed E-state index contributed by atoms with van der Waals surface area (Å²) in [5.74, 6) is 1.64. The number of benzene rings is 1. The van der Waals surface area contributed by atoms with Crippen molar-refractivity contribution in [3.05, 3.63) is 23.8 Å². The highest BCUT2D eigenvalue weighted by Crippen LogP contribution is 2.25. The molecule has 23 heavy (non-hydrogen) atoms. The van der Waals surface area contributed by atoms with Crippen molar-refractivity contribution in [1.82, 2.24) is 9.80 Å². The molecule has 0 unspecified atom stereocenters. The van der Waals surface area contributed by atoms with Crippen LogP contribution in [0.1, 0.15) is 25.8 Å². The fourth-order valence-corrected chi connectivity index (χ4v) is 3.21. The number of ether oxygens (including phenoxy) is 2. The summed E-state index contributed by atoms with van der Waals surface area (Å²) in [6, 6.07) is 6.95. The second-order valence-corrected chi connectivity index (χ2v) is 6.45. The van der Waals surface area contributed by atoms with Gasteiger partial charge in [-0.2, -0.15) is 0 Å². The van der Waals surface area contributed by atoms with Gasteiger partial charge in [-0.25, -0.2) is 0 Å². The lowest BCUT2D eigenvalue weighted by Gasteiger charge is -2.43. The Labute approximate surface area is 139 Å². The maximum Gasteiger partial charge on any atom is 0.122 e. The first kappa shape index (κ1) is 18.0. The number of methoxy groups -OCH3 is 2. The SMILES string of the molecule is COc1cc(CN2CCN(C(C)C)C[C@@H]2CCO)cc(OC)c1. The zero-order valence-electron chi connectivity index (χ0n) is 14.8. The van der Waals surface area contributed by atoms with Crippen LogP contribution in [0.2, 0.25) is 0 Å². The van der Waals surface area contributed by atoms with E-state index in [4.69, 9.17) is 9.47 Å². The molecule has 1 aliphatic heterocycles. The molecule has 1 aromatic rings. The standard InChI is InChI=1S/C18H30N2O3/c1-14(2)19-6-7-20(16(13-19)5-8-21)12-15-9-17(22-3)11-18(10-15)23-4/h9-11,14,16,21H,5-8,12-13H2,1-4H3/t16-/m0/s1. The van der Waals surface area contributed by atoms with Crippen molar-refractivity contribution < 1.29 is 14.6 Å². The van der Waals surface area contributed by atoms with Crippen LogP contribution in [0, 0.1) is 0 Å². The summed E-state index contributed by atoms with van der Waals surface area (Å²) in [5.41, 5.74) is 1.18. The van der Waals surface area contributed by atoms with Crippen LogP contribution in [0.5, 0.6) is 11.5 Å². The second-order valence-electron chi connectivity index (χ2n) is 6.45. The van der Waals surface area contributed by atoms with Gasteiger partial charge in [-0.15, -0.1) is 0 Å². The normalized spacial score (nSPS) is 20.0. The number of aliphatic hydroxyl groups is 1. The Hall–Kier alpha value is -1.30. The van der Waals surface area contributed by atoms with Gasteiger partial charge in [0.15, 0.2) is 0 Å². The van der Waals surface area contributed by atoms with Crippen molar-refractivity contribution in [3.8, 4) is 11.5 Å². The smallest absolute Gasteiger partial charge is 0.122 e. The van der Waals surface area contributed by atoms with Gasteiger partial charge in [-0.1, -0.05) is 0 Å². The van der Waals surface area contributed by atoms with Gasteiger partial charge < -0.3 is 14.6 Å². The van der Waals surface area contributed by atoms with Crippen LogP contribution in [-0.4, -0.2) is 67.5 Å². The lowest BCUT2D eigenvalue weighted by Crippen LogP contribution is -2.54. The Morgan fingerprint density at radius 1 is 1.13 bits per heavy atom. The van der Waals surface area contributed by atoms with E-state index >= 15 is 0 Å². The molecular formula is C18H30N2O3. The lowest BCUT2D eigenvalue weighted by atomic mass is 10.1. The van der Waals surface area contributed by atoms with Crippen molar-refractivity contribution >= 4 is 0 Å². The van der Waals surface area contributed by atoms with Gasteiger partial charge in [0.2, 0.25) is 0 Å². The van der Waals surface area contributed by atoms with Gasteiger partial charge in [0.25, 0.3) is 0 Å². The highest BCUT2D eigenvalue weighted by atomic mass is 16.5. The summed E-state index contributed by atoms with van der Waals surface area (Å²) in [5, 5.41) is 9.41. The lowest BCUT2D eigenvalue weighted by molar-refractivity contribution is 0.0388. The molecule has 1 aromatic carbocycles. The molecule has 0 spiro atoms.